The molecule has 0 heterocycles. The van der Waals surface area contributed by atoms with Gasteiger partial charge in [-0.1, -0.05) is 19.3 Å². The van der Waals surface area contributed by atoms with Gasteiger partial charge in [-0.15, -0.1) is 0 Å². The zero-order chi connectivity index (χ0) is 14.0. The molecule has 0 radical (unpaired) electrons. The first kappa shape index (κ1) is 14.3. The molecular formula is C16H28N2O2. The lowest BCUT2D eigenvalue weighted by atomic mass is 9.55. The van der Waals surface area contributed by atoms with Crippen molar-refractivity contribution in [3.8, 4) is 0 Å². The second-order valence-corrected chi connectivity index (χ2v) is 6.75. The van der Waals surface area contributed by atoms with Crippen LogP contribution in [-0.2, 0) is 9.53 Å². The summed E-state index contributed by atoms with van der Waals surface area (Å²) in [6.45, 7) is 3.36. The summed E-state index contributed by atoms with van der Waals surface area (Å²) < 4.78 is 5.94. The van der Waals surface area contributed by atoms with Gasteiger partial charge in [0, 0.05) is 24.1 Å². The lowest BCUT2D eigenvalue weighted by Crippen LogP contribution is -2.65. The number of carbonyl (C=O) groups excluding carboxylic acids is 1. The molecule has 0 saturated heterocycles. The van der Waals surface area contributed by atoms with Crippen LogP contribution < -0.4 is 10.6 Å². The van der Waals surface area contributed by atoms with Crippen LogP contribution in [0.4, 0.5) is 0 Å². The second-order valence-electron chi connectivity index (χ2n) is 6.75. The summed E-state index contributed by atoms with van der Waals surface area (Å²) in [7, 11) is 0. The Bertz CT molecular complexity index is 348. The van der Waals surface area contributed by atoms with E-state index < -0.39 is 0 Å². The molecule has 3 saturated carbocycles. The minimum absolute atomic E-state index is 0.165. The van der Waals surface area contributed by atoms with Gasteiger partial charge in [-0.25, -0.2) is 0 Å². The van der Waals surface area contributed by atoms with Gasteiger partial charge in [-0.05, 0) is 39.0 Å². The molecule has 1 spiro atoms. The van der Waals surface area contributed by atoms with Crippen molar-refractivity contribution in [3.05, 3.63) is 0 Å². The Morgan fingerprint density at radius 1 is 1.25 bits per heavy atom. The first-order chi connectivity index (χ1) is 9.74. The molecule has 3 fully saturated rings. The Labute approximate surface area is 122 Å². The molecule has 0 aromatic rings. The van der Waals surface area contributed by atoms with Gasteiger partial charge >= 0.3 is 0 Å². The van der Waals surface area contributed by atoms with Gasteiger partial charge in [0.25, 0.3) is 0 Å². The van der Waals surface area contributed by atoms with Gasteiger partial charge < -0.3 is 15.4 Å². The number of rotatable bonds is 6. The van der Waals surface area contributed by atoms with Crippen molar-refractivity contribution >= 4 is 5.91 Å². The summed E-state index contributed by atoms with van der Waals surface area (Å²) in [5.74, 6) is 0.165. The van der Waals surface area contributed by atoms with E-state index in [2.05, 4.69) is 17.6 Å². The van der Waals surface area contributed by atoms with E-state index in [1.165, 1.54) is 32.1 Å². The summed E-state index contributed by atoms with van der Waals surface area (Å²) >= 11 is 0. The zero-order valence-electron chi connectivity index (χ0n) is 12.6. The average molecular weight is 280 g/mol. The van der Waals surface area contributed by atoms with E-state index in [-0.39, 0.29) is 5.91 Å². The molecule has 0 aliphatic heterocycles. The fourth-order valence-electron chi connectivity index (χ4n) is 4.07. The summed E-state index contributed by atoms with van der Waals surface area (Å²) in [4.78, 5) is 11.8. The first-order valence-electron chi connectivity index (χ1n) is 8.39. The van der Waals surface area contributed by atoms with E-state index in [1.54, 1.807) is 0 Å². The van der Waals surface area contributed by atoms with E-state index in [0.29, 0.717) is 30.1 Å². The van der Waals surface area contributed by atoms with E-state index in [1.807, 2.05) is 0 Å². The van der Waals surface area contributed by atoms with Crippen LogP contribution >= 0.6 is 0 Å². The summed E-state index contributed by atoms with van der Waals surface area (Å²) in [6, 6.07) is 0.940. The zero-order valence-corrected chi connectivity index (χ0v) is 12.6. The molecule has 0 bridgehead atoms. The molecule has 4 heteroatoms. The fourth-order valence-corrected chi connectivity index (χ4v) is 4.07. The molecule has 3 rings (SSSR count). The highest BCUT2D eigenvalue weighted by atomic mass is 16.5. The quantitative estimate of drug-likeness (QED) is 0.782. The molecule has 3 aliphatic rings. The van der Waals surface area contributed by atoms with E-state index >= 15 is 0 Å². The lowest BCUT2D eigenvalue weighted by Gasteiger charge is -2.58. The Kier molecular flexibility index (Phi) is 4.32. The van der Waals surface area contributed by atoms with Crippen LogP contribution in [0.1, 0.15) is 58.3 Å². The van der Waals surface area contributed by atoms with Gasteiger partial charge in [-0.3, -0.25) is 4.79 Å². The second kappa shape index (κ2) is 6.02. The number of ether oxygens (including phenoxy) is 1. The Morgan fingerprint density at radius 2 is 2.00 bits per heavy atom. The van der Waals surface area contributed by atoms with Gasteiger partial charge in [0.1, 0.15) is 0 Å². The molecule has 2 atom stereocenters. The van der Waals surface area contributed by atoms with E-state index in [4.69, 9.17) is 4.74 Å². The summed E-state index contributed by atoms with van der Waals surface area (Å²) in [5, 5.41) is 6.56. The number of carbonyl (C=O) groups is 1. The number of nitrogens with one attached hydrogen (secondary N) is 2. The van der Waals surface area contributed by atoms with Crippen molar-refractivity contribution < 1.29 is 9.53 Å². The van der Waals surface area contributed by atoms with Crippen molar-refractivity contribution in [1.29, 1.82) is 0 Å². The van der Waals surface area contributed by atoms with Crippen molar-refractivity contribution in [2.75, 3.05) is 13.2 Å². The largest absolute Gasteiger partial charge is 0.378 e. The molecular weight excluding hydrogens is 252 g/mol. The maximum Gasteiger partial charge on any atom is 0.234 e. The molecule has 4 nitrogen and oxygen atoms in total. The normalized spacial score (nSPS) is 31.9. The van der Waals surface area contributed by atoms with Crippen LogP contribution in [0, 0.1) is 5.41 Å². The van der Waals surface area contributed by atoms with Crippen molar-refractivity contribution in [2.45, 2.75) is 76.5 Å². The fraction of sp³-hybridized carbons (Fsp3) is 0.938. The molecule has 0 aromatic heterocycles. The monoisotopic (exact) mass is 280 g/mol. The van der Waals surface area contributed by atoms with Crippen LogP contribution in [0.15, 0.2) is 0 Å². The van der Waals surface area contributed by atoms with Crippen LogP contribution in [0.2, 0.25) is 0 Å². The number of hydrogen-bond acceptors (Lipinski definition) is 3. The minimum Gasteiger partial charge on any atom is -0.378 e. The smallest absolute Gasteiger partial charge is 0.234 e. The van der Waals surface area contributed by atoms with Crippen molar-refractivity contribution in [2.24, 2.45) is 5.41 Å². The molecule has 3 aliphatic carbocycles. The third-order valence-corrected chi connectivity index (χ3v) is 5.39. The van der Waals surface area contributed by atoms with E-state index in [0.717, 1.165) is 25.9 Å². The number of hydrogen-bond donors (Lipinski definition) is 2. The molecule has 0 aromatic carbocycles. The summed E-state index contributed by atoms with van der Waals surface area (Å²) in [5.41, 5.74) is 0.314. The van der Waals surface area contributed by atoms with Crippen LogP contribution in [0.5, 0.6) is 0 Å². The lowest BCUT2D eigenvalue weighted by molar-refractivity contribution is -0.151. The minimum atomic E-state index is 0.165. The highest BCUT2D eigenvalue weighted by molar-refractivity contribution is 5.78. The Balaban J connectivity index is 1.51. The van der Waals surface area contributed by atoms with Crippen molar-refractivity contribution in [3.63, 3.8) is 0 Å². The van der Waals surface area contributed by atoms with Gasteiger partial charge in [0.15, 0.2) is 0 Å². The highest BCUT2D eigenvalue weighted by Gasteiger charge is 2.55. The SMILES string of the molecule is CCOC1CC(NCC(=O)NC2CC2)C12CCCCC2. The van der Waals surface area contributed by atoms with Crippen LogP contribution in [-0.4, -0.2) is 37.2 Å². The third-order valence-electron chi connectivity index (χ3n) is 5.39. The molecule has 2 unspecified atom stereocenters. The van der Waals surface area contributed by atoms with Crippen LogP contribution in [0.3, 0.4) is 0 Å². The highest BCUT2D eigenvalue weighted by Crippen LogP contribution is 2.53. The van der Waals surface area contributed by atoms with Crippen molar-refractivity contribution in [1.82, 2.24) is 10.6 Å². The molecule has 2 N–H and O–H groups in total. The molecule has 20 heavy (non-hydrogen) atoms. The summed E-state index contributed by atoms with van der Waals surface area (Å²) in [6.07, 6.45) is 10.3. The third kappa shape index (κ3) is 2.86. The van der Waals surface area contributed by atoms with Gasteiger partial charge in [-0.2, -0.15) is 0 Å². The Hall–Kier alpha value is -0.610. The predicted molar refractivity (Wildman–Crippen MR) is 78.5 cm³/mol. The average Bonchev–Trinajstić information content (AvgIpc) is 3.26. The van der Waals surface area contributed by atoms with Gasteiger partial charge in [0.05, 0.1) is 12.6 Å². The van der Waals surface area contributed by atoms with Gasteiger partial charge in [0.2, 0.25) is 5.91 Å². The maximum atomic E-state index is 11.8. The first-order valence-corrected chi connectivity index (χ1v) is 8.39. The predicted octanol–water partition coefficient (Wildman–Crippen LogP) is 1.98. The van der Waals surface area contributed by atoms with Crippen LogP contribution in [0.25, 0.3) is 0 Å². The van der Waals surface area contributed by atoms with E-state index in [9.17, 15) is 4.79 Å². The standard InChI is InChI=1S/C16H28N2O2/c1-2-20-14-10-13(16(14)8-4-3-5-9-16)17-11-15(19)18-12-6-7-12/h12-14,17H,2-11H2,1H3,(H,18,19). The number of amides is 1. The topological polar surface area (TPSA) is 50.4 Å². The Morgan fingerprint density at radius 3 is 2.65 bits per heavy atom. The molecule has 1 amide bonds. The maximum absolute atomic E-state index is 11.8. The molecule has 114 valence electrons.